The van der Waals surface area contributed by atoms with E-state index < -0.39 is 0 Å². The van der Waals surface area contributed by atoms with Gasteiger partial charge in [-0.15, -0.1) is 0 Å². The summed E-state index contributed by atoms with van der Waals surface area (Å²) in [5.41, 5.74) is 6.34. The predicted molar refractivity (Wildman–Crippen MR) is 69.2 cm³/mol. The van der Waals surface area contributed by atoms with Crippen LogP contribution in [0.15, 0.2) is 18.2 Å². The molecule has 1 saturated carbocycles. The van der Waals surface area contributed by atoms with E-state index >= 15 is 0 Å². The van der Waals surface area contributed by atoms with Crippen molar-refractivity contribution in [3.05, 3.63) is 35.4 Å². The molecule has 2 N–H and O–H groups in total. The van der Waals surface area contributed by atoms with E-state index in [0.29, 0.717) is 24.4 Å². The Bertz CT molecular complexity index is 419. The first-order valence-electron chi connectivity index (χ1n) is 6.72. The second kappa shape index (κ2) is 5.35. The van der Waals surface area contributed by atoms with Crippen molar-refractivity contribution >= 4 is 0 Å². The molecule has 2 unspecified atom stereocenters. The van der Waals surface area contributed by atoms with E-state index in [9.17, 15) is 8.78 Å². The lowest BCUT2D eigenvalue weighted by Crippen LogP contribution is -2.30. The van der Waals surface area contributed by atoms with E-state index in [0.717, 1.165) is 31.7 Å². The van der Waals surface area contributed by atoms with E-state index in [1.807, 2.05) is 0 Å². The fraction of sp³-hybridized carbons (Fsp3) is 0.600. The third-order valence-corrected chi connectivity index (χ3v) is 4.39. The Morgan fingerprint density at radius 3 is 2.78 bits per heavy atom. The van der Waals surface area contributed by atoms with Crippen LogP contribution in [0.4, 0.5) is 8.78 Å². The number of nitrogens with two attached hydrogens (primary N) is 1. The zero-order chi connectivity index (χ0) is 13.2. The smallest absolute Gasteiger partial charge is 0.126 e. The van der Waals surface area contributed by atoms with E-state index in [4.69, 9.17) is 5.73 Å². The van der Waals surface area contributed by atoms with Crippen LogP contribution in [0.2, 0.25) is 0 Å². The molecule has 2 rings (SSSR count). The largest absolute Gasteiger partial charge is 0.330 e. The fourth-order valence-corrected chi connectivity index (χ4v) is 3.18. The van der Waals surface area contributed by atoms with Gasteiger partial charge in [0.05, 0.1) is 0 Å². The van der Waals surface area contributed by atoms with Crippen LogP contribution in [-0.4, -0.2) is 6.54 Å². The Morgan fingerprint density at radius 1 is 1.39 bits per heavy atom. The van der Waals surface area contributed by atoms with Gasteiger partial charge in [0.25, 0.3) is 0 Å². The van der Waals surface area contributed by atoms with Gasteiger partial charge in [-0.3, -0.25) is 0 Å². The lowest BCUT2D eigenvalue weighted by molar-refractivity contribution is 0.286. The van der Waals surface area contributed by atoms with Gasteiger partial charge in [0.2, 0.25) is 0 Å². The number of halogens is 2. The average Bonchev–Trinajstić information content (AvgIpc) is 2.78. The topological polar surface area (TPSA) is 26.0 Å². The molecule has 0 aromatic heterocycles. The summed E-state index contributed by atoms with van der Waals surface area (Å²) in [5.74, 6) is -0.00189. The molecule has 0 amide bonds. The summed E-state index contributed by atoms with van der Waals surface area (Å²) in [6.45, 7) is 2.74. The zero-order valence-corrected chi connectivity index (χ0v) is 10.9. The van der Waals surface area contributed by atoms with Crippen LogP contribution in [0.3, 0.4) is 0 Å². The van der Waals surface area contributed by atoms with Gasteiger partial charge in [-0.1, -0.05) is 13.3 Å². The maximum absolute atomic E-state index is 13.7. The molecule has 0 bridgehead atoms. The first-order chi connectivity index (χ1) is 8.58. The first-order valence-corrected chi connectivity index (χ1v) is 6.72. The minimum absolute atomic E-state index is 0.0324. The summed E-state index contributed by atoms with van der Waals surface area (Å²) in [5, 5.41) is 0. The molecular weight excluding hydrogens is 232 g/mol. The van der Waals surface area contributed by atoms with E-state index in [2.05, 4.69) is 6.92 Å². The molecule has 1 aromatic rings. The van der Waals surface area contributed by atoms with Gasteiger partial charge in [0, 0.05) is 0 Å². The van der Waals surface area contributed by atoms with Crippen LogP contribution < -0.4 is 5.73 Å². The summed E-state index contributed by atoms with van der Waals surface area (Å²) in [7, 11) is 0. The Hall–Kier alpha value is -0.960. The highest BCUT2D eigenvalue weighted by Gasteiger charge is 2.37. The SMILES string of the molecule is CCC1CCC(CN)(Cc2cc(F)ccc2F)C1. The van der Waals surface area contributed by atoms with Gasteiger partial charge < -0.3 is 5.73 Å². The van der Waals surface area contributed by atoms with Crippen LogP contribution >= 0.6 is 0 Å². The molecule has 1 aromatic carbocycles. The maximum Gasteiger partial charge on any atom is 0.126 e. The van der Waals surface area contributed by atoms with Gasteiger partial charge in [0.15, 0.2) is 0 Å². The molecule has 1 fully saturated rings. The molecule has 0 heterocycles. The summed E-state index contributed by atoms with van der Waals surface area (Å²) in [6, 6.07) is 3.69. The maximum atomic E-state index is 13.7. The van der Waals surface area contributed by atoms with Gasteiger partial charge >= 0.3 is 0 Å². The fourth-order valence-electron chi connectivity index (χ4n) is 3.18. The van der Waals surface area contributed by atoms with E-state index in [1.165, 1.54) is 12.1 Å². The van der Waals surface area contributed by atoms with Crippen molar-refractivity contribution in [3.8, 4) is 0 Å². The van der Waals surface area contributed by atoms with Gasteiger partial charge in [-0.05, 0) is 67.3 Å². The highest BCUT2D eigenvalue weighted by Crippen LogP contribution is 2.44. The molecule has 100 valence electrons. The van der Waals surface area contributed by atoms with E-state index in [-0.39, 0.29) is 17.0 Å². The van der Waals surface area contributed by atoms with Gasteiger partial charge in [0.1, 0.15) is 11.6 Å². The predicted octanol–water partition coefficient (Wildman–Crippen LogP) is 3.66. The lowest BCUT2D eigenvalue weighted by Gasteiger charge is -2.28. The third kappa shape index (κ3) is 2.72. The molecule has 2 atom stereocenters. The quantitative estimate of drug-likeness (QED) is 0.870. The van der Waals surface area contributed by atoms with Crippen LogP contribution in [0.25, 0.3) is 0 Å². The second-order valence-electron chi connectivity index (χ2n) is 5.63. The summed E-state index contributed by atoms with van der Waals surface area (Å²) in [6.07, 6.45) is 4.93. The second-order valence-corrected chi connectivity index (χ2v) is 5.63. The Kier molecular flexibility index (Phi) is 4.00. The van der Waals surface area contributed by atoms with Crippen molar-refractivity contribution in [1.82, 2.24) is 0 Å². The van der Waals surface area contributed by atoms with Crippen molar-refractivity contribution in [1.29, 1.82) is 0 Å². The van der Waals surface area contributed by atoms with Crippen molar-refractivity contribution in [2.75, 3.05) is 6.54 Å². The number of hydrogen-bond donors (Lipinski definition) is 1. The molecule has 18 heavy (non-hydrogen) atoms. The molecular formula is C15H21F2N. The highest BCUT2D eigenvalue weighted by atomic mass is 19.1. The van der Waals surface area contributed by atoms with Crippen LogP contribution in [0.5, 0.6) is 0 Å². The number of hydrogen-bond acceptors (Lipinski definition) is 1. The van der Waals surface area contributed by atoms with E-state index in [1.54, 1.807) is 0 Å². The molecule has 3 heteroatoms. The Balaban J connectivity index is 2.18. The number of benzene rings is 1. The van der Waals surface area contributed by atoms with Crippen LogP contribution in [0, 0.1) is 23.0 Å². The summed E-state index contributed by atoms with van der Waals surface area (Å²) in [4.78, 5) is 0. The monoisotopic (exact) mass is 253 g/mol. The lowest BCUT2D eigenvalue weighted by atomic mass is 9.79. The summed E-state index contributed by atoms with van der Waals surface area (Å²) >= 11 is 0. The zero-order valence-electron chi connectivity index (χ0n) is 10.9. The van der Waals surface area contributed by atoms with Crippen LogP contribution in [-0.2, 0) is 6.42 Å². The molecule has 1 nitrogen and oxygen atoms in total. The Morgan fingerprint density at radius 2 is 2.17 bits per heavy atom. The van der Waals surface area contributed by atoms with Gasteiger partial charge in [-0.25, -0.2) is 8.78 Å². The van der Waals surface area contributed by atoms with Gasteiger partial charge in [-0.2, -0.15) is 0 Å². The van der Waals surface area contributed by atoms with Crippen molar-refractivity contribution in [2.24, 2.45) is 17.1 Å². The first kappa shape index (κ1) is 13.5. The average molecular weight is 253 g/mol. The third-order valence-electron chi connectivity index (χ3n) is 4.39. The molecule has 0 saturated heterocycles. The normalized spacial score (nSPS) is 27.7. The molecule has 0 radical (unpaired) electrons. The number of rotatable bonds is 4. The standard InChI is InChI=1S/C15H21F2N/c1-2-11-5-6-15(8-11,10-18)9-12-7-13(16)3-4-14(12)17/h3-4,7,11H,2,5-6,8-10,18H2,1H3. The Labute approximate surface area is 107 Å². The minimum Gasteiger partial charge on any atom is -0.330 e. The summed E-state index contributed by atoms with van der Waals surface area (Å²) < 4.78 is 26.9. The van der Waals surface area contributed by atoms with Crippen molar-refractivity contribution in [2.45, 2.75) is 39.0 Å². The molecule has 0 aliphatic heterocycles. The molecule has 1 aliphatic rings. The van der Waals surface area contributed by atoms with Crippen LogP contribution in [0.1, 0.15) is 38.2 Å². The molecule has 1 aliphatic carbocycles. The molecule has 0 spiro atoms. The highest BCUT2D eigenvalue weighted by molar-refractivity contribution is 5.21. The van der Waals surface area contributed by atoms with Crippen molar-refractivity contribution < 1.29 is 8.78 Å². The van der Waals surface area contributed by atoms with Crippen molar-refractivity contribution in [3.63, 3.8) is 0 Å². The minimum atomic E-state index is -0.372.